The van der Waals surface area contributed by atoms with Crippen molar-refractivity contribution in [1.82, 2.24) is 19.7 Å². The van der Waals surface area contributed by atoms with E-state index in [-0.39, 0.29) is 5.95 Å². The predicted octanol–water partition coefficient (Wildman–Crippen LogP) is 2.67. The third-order valence-corrected chi connectivity index (χ3v) is 3.93. The van der Waals surface area contributed by atoms with Gasteiger partial charge in [0.15, 0.2) is 5.82 Å². The maximum Gasteiger partial charge on any atom is 0.223 e. The third kappa shape index (κ3) is 1.83. The molecule has 2 N–H and O–H groups in total. The molecule has 18 heavy (non-hydrogen) atoms. The molecule has 0 saturated heterocycles. The molecule has 3 aromatic heterocycles. The Morgan fingerprint density at radius 3 is 2.94 bits per heavy atom. The third-order valence-electron chi connectivity index (χ3n) is 2.56. The van der Waals surface area contributed by atoms with Crippen LogP contribution in [0, 0.1) is 0 Å². The van der Waals surface area contributed by atoms with Crippen molar-refractivity contribution in [3.05, 3.63) is 28.4 Å². The molecule has 3 heterocycles. The molecule has 0 saturated carbocycles. The highest BCUT2D eigenvalue weighted by Gasteiger charge is 2.12. The Bertz CT molecular complexity index is 717. The van der Waals surface area contributed by atoms with Crippen LogP contribution in [-0.2, 0) is 6.42 Å². The van der Waals surface area contributed by atoms with Gasteiger partial charge in [0.1, 0.15) is 4.83 Å². The zero-order valence-corrected chi connectivity index (χ0v) is 11.2. The van der Waals surface area contributed by atoms with Gasteiger partial charge in [-0.05, 0) is 12.5 Å². The molecule has 0 amide bonds. The summed E-state index contributed by atoms with van der Waals surface area (Å²) in [5.41, 5.74) is 5.73. The molecular weight excluding hydrogens is 270 g/mol. The second-order valence-corrected chi connectivity index (χ2v) is 5.35. The van der Waals surface area contributed by atoms with Gasteiger partial charge in [-0.1, -0.05) is 18.5 Å². The summed E-state index contributed by atoms with van der Waals surface area (Å²) >= 11 is 7.50. The monoisotopic (exact) mass is 279 g/mol. The van der Waals surface area contributed by atoms with E-state index in [1.54, 1.807) is 28.4 Å². The first-order chi connectivity index (χ1) is 8.67. The minimum atomic E-state index is 0.244. The van der Waals surface area contributed by atoms with E-state index in [1.807, 2.05) is 0 Å². The van der Waals surface area contributed by atoms with E-state index in [1.165, 1.54) is 4.88 Å². The van der Waals surface area contributed by atoms with Crippen LogP contribution in [0.1, 0.15) is 11.8 Å². The first kappa shape index (κ1) is 11.4. The number of fused-ring (bicyclic) bond motifs is 1. The lowest BCUT2D eigenvalue weighted by molar-refractivity contribution is 0.854. The molecule has 3 aromatic rings. The van der Waals surface area contributed by atoms with Crippen LogP contribution in [0.5, 0.6) is 0 Å². The molecule has 0 unspecified atom stereocenters. The molecule has 92 valence electrons. The summed E-state index contributed by atoms with van der Waals surface area (Å²) in [6, 6.07) is 2.07. The molecule has 5 nitrogen and oxygen atoms in total. The van der Waals surface area contributed by atoms with Crippen molar-refractivity contribution in [2.24, 2.45) is 0 Å². The second kappa shape index (κ2) is 4.22. The van der Waals surface area contributed by atoms with Crippen LogP contribution in [0.2, 0.25) is 5.02 Å². The van der Waals surface area contributed by atoms with Crippen LogP contribution >= 0.6 is 22.9 Å². The highest BCUT2D eigenvalue weighted by molar-refractivity contribution is 7.18. The normalized spacial score (nSPS) is 11.2. The number of anilines is 1. The fourth-order valence-corrected chi connectivity index (χ4v) is 2.84. The van der Waals surface area contributed by atoms with Crippen LogP contribution in [0.3, 0.4) is 0 Å². The van der Waals surface area contributed by atoms with Crippen molar-refractivity contribution in [3.63, 3.8) is 0 Å². The molecule has 3 rings (SSSR count). The highest BCUT2D eigenvalue weighted by Crippen LogP contribution is 2.29. The molecule has 7 heteroatoms. The summed E-state index contributed by atoms with van der Waals surface area (Å²) in [5, 5.41) is 5.67. The van der Waals surface area contributed by atoms with Gasteiger partial charge >= 0.3 is 0 Å². The lowest BCUT2D eigenvalue weighted by Gasteiger charge is -2.02. The first-order valence-electron chi connectivity index (χ1n) is 5.44. The van der Waals surface area contributed by atoms with E-state index in [9.17, 15) is 0 Å². The summed E-state index contributed by atoms with van der Waals surface area (Å²) < 4.78 is 1.62. The number of nitrogen functional groups attached to an aromatic ring is 1. The van der Waals surface area contributed by atoms with E-state index in [0.29, 0.717) is 10.8 Å². The molecule has 0 fully saturated rings. The van der Waals surface area contributed by atoms with Gasteiger partial charge in [0.25, 0.3) is 0 Å². The number of nitrogens with two attached hydrogens (primary N) is 1. The van der Waals surface area contributed by atoms with E-state index < -0.39 is 0 Å². The Hall–Kier alpha value is -1.66. The van der Waals surface area contributed by atoms with Gasteiger partial charge < -0.3 is 5.73 Å². The maximum absolute atomic E-state index is 5.88. The van der Waals surface area contributed by atoms with E-state index in [4.69, 9.17) is 17.3 Å². The Balaban J connectivity index is 2.29. The molecule has 0 radical (unpaired) electrons. The van der Waals surface area contributed by atoms with Crippen LogP contribution < -0.4 is 5.73 Å². The molecule has 0 bridgehead atoms. The lowest BCUT2D eigenvalue weighted by Crippen LogP contribution is -2.03. The number of halogens is 1. The van der Waals surface area contributed by atoms with Crippen LogP contribution in [0.4, 0.5) is 5.95 Å². The van der Waals surface area contributed by atoms with Crippen LogP contribution in [0.15, 0.2) is 18.5 Å². The molecular formula is C11H10ClN5S. The molecule has 0 aliphatic rings. The van der Waals surface area contributed by atoms with Gasteiger partial charge in [-0.3, -0.25) is 0 Å². The summed E-state index contributed by atoms with van der Waals surface area (Å²) in [7, 11) is 0. The van der Waals surface area contributed by atoms with Gasteiger partial charge in [0.2, 0.25) is 5.95 Å². The summed E-state index contributed by atoms with van der Waals surface area (Å²) in [5.74, 6) is 0.911. The van der Waals surface area contributed by atoms with Crippen molar-refractivity contribution in [3.8, 4) is 5.82 Å². The topological polar surface area (TPSA) is 69.6 Å². The van der Waals surface area contributed by atoms with Crippen molar-refractivity contribution in [2.75, 3.05) is 5.73 Å². The van der Waals surface area contributed by atoms with Crippen molar-refractivity contribution in [2.45, 2.75) is 13.3 Å². The largest absolute Gasteiger partial charge is 0.368 e. The molecule has 0 aromatic carbocycles. The van der Waals surface area contributed by atoms with Crippen LogP contribution in [-0.4, -0.2) is 19.7 Å². The number of aryl methyl sites for hydroxylation is 1. The Morgan fingerprint density at radius 1 is 1.44 bits per heavy atom. The molecule has 0 aliphatic carbocycles. The smallest absolute Gasteiger partial charge is 0.223 e. The number of nitrogens with zero attached hydrogens (tertiary/aromatic N) is 4. The SMILES string of the molecule is CCc1cc2c(-n3cc(Cl)cn3)nc(N)nc2s1. The standard InChI is InChI=1S/C11H10ClN5S/c1-2-7-3-8-9(17-5-6(12)4-14-17)15-11(13)16-10(8)18-7/h3-5H,2H2,1H3,(H2,13,15,16). The maximum atomic E-state index is 5.88. The Morgan fingerprint density at radius 2 is 2.28 bits per heavy atom. The average Bonchev–Trinajstić information content (AvgIpc) is 2.93. The van der Waals surface area contributed by atoms with Crippen LogP contribution in [0.25, 0.3) is 16.0 Å². The van der Waals surface area contributed by atoms with E-state index in [2.05, 4.69) is 28.1 Å². The van der Waals surface area contributed by atoms with Crippen molar-refractivity contribution in [1.29, 1.82) is 0 Å². The zero-order chi connectivity index (χ0) is 12.7. The number of aromatic nitrogens is 4. The fraction of sp³-hybridized carbons (Fsp3) is 0.182. The summed E-state index contributed by atoms with van der Waals surface area (Å²) in [4.78, 5) is 10.6. The number of hydrogen-bond donors (Lipinski definition) is 1. The number of hydrogen-bond acceptors (Lipinski definition) is 5. The molecule has 0 atom stereocenters. The van der Waals surface area contributed by atoms with Crippen molar-refractivity contribution < 1.29 is 0 Å². The minimum Gasteiger partial charge on any atom is -0.368 e. The van der Waals surface area contributed by atoms with Gasteiger partial charge in [-0.15, -0.1) is 11.3 Å². The fourth-order valence-electron chi connectivity index (χ4n) is 1.74. The van der Waals surface area contributed by atoms with E-state index in [0.717, 1.165) is 16.6 Å². The van der Waals surface area contributed by atoms with Gasteiger partial charge in [-0.2, -0.15) is 10.1 Å². The zero-order valence-electron chi connectivity index (χ0n) is 9.59. The number of rotatable bonds is 2. The quantitative estimate of drug-likeness (QED) is 0.783. The van der Waals surface area contributed by atoms with Gasteiger partial charge in [0, 0.05) is 4.88 Å². The van der Waals surface area contributed by atoms with Gasteiger partial charge in [-0.25, -0.2) is 9.67 Å². The Kier molecular flexibility index (Phi) is 2.68. The summed E-state index contributed by atoms with van der Waals surface area (Å²) in [6.07, 6.45) is 4.23. The second-order valence-electron chi connectivity index (χ2n) is 3.79. The predicted molar refractivity (Wildman–Crippen MR) is 73.3 cm³/mol. The number of thiophene rings is 1. The highest BCUT2D eigenvalue weighted by atomic mass is 35.5. The molecule has 0 aliphatic heterocycles. The lowest BCUT2D eigenvalue weighted by atomic mass is 10.3. The van der Waals surface area contributed by atoms with Gasteiger partial charge in [0.05, 0.1) is 22.8 Å². The average molecular weight is 280 g/mol. The first-order valence-corrected chi connectivity index (χ1v) is 6.63. The van der Waals surface area contributed by atoms with Crippen molar-refractivity contribution >= 4 is 39.1 Å². The Labute approximate surface area is 112 Å². The minimum absolute atomic E-state index is 0.244. The molecule has 0 spiro atoms. The van der Waals surface area contributed by atoms with E-state index >= 15 is 0 Å². The summed E-state index contributed by atoms with van der Waals surface area (Å²) in [6.45, 7) is 2.10.